The summed E-state index contributed by atoms with van der Waals surface area (Å²) in [5.41, 5.74) is 0. The number of hydrogen-bond donors (Lipinski definition) is 0. The van der Waals surface area contributed by atoms with Crippen LogP contribution in [0.25, 0.3) is 0 Å². The second-order valence-corrected chi connectivity index (χ2v) is 3.35. The summed E-state index contributed by atoms with van der Waals surface area (Å²) in [6.45, 7) is 0.754. The normalized spacial score (nSPS) is 10.5. The third-order valence-corrected chi connectivity index (χ3v) is 1.71. The van der Waals surface area contributed by atoms with Crippen molar-refractivity contribution in [1.29, 1.82) is 0 Å². The molecule has 0 radical (unpaired) electrons. The highest BCUT2D eigenvalue weighted by atomic mass is 35.5. The molecular weight excluding hydrogens is 165 g/mol. The molecule has 0 spiro atoms. The Labute approximate surface area is 64.5 Å². The maximum absolute atomic E-state index is 5.30. The molecule has 0 N–H and O–H groups in total. The number of halogens is 2. The van der Waals surface area contributed by atoms with Gasteiger partial charge < -0.3 is 0 Å². The van der Waals surface area contributed by atoms with Crippen LogP contribution >= 0.6 is 35.3 Å². The Balaban J connectivity index is 2.72. The van der Waals surface area contributed by atoms with E-state index in [2.05, 4.69) is 6.26 Å². The summed E-state index contributed by atoms with van der Waals surface area (Å²) in [4.78, 5) is 0. The molecule has 0 amide bonds. The molecule has 0 aromatic heterocycles. The first-order valence-electron chi connectivity index (χ1n) is 2.35. The number of rotatable bonds is 4. The fraction of sp³-hybridized carbons (Fsp3) is 1.00. The quantitative estimate of drug-likeness (QED) is 0.475. The first kappa shape index (κ1) is 8.89. The lowest BCUT2D eigenvalue weighted by Gasteiger charge is -1.99. The fourth-order valence-corrected chi connectivity index (χ4v) is 0.985. The monoisotopic (exact) mass is 173 g/mol. The summed E-state index contributed by atoms with van der Waals surface area (Å²) >= 11 is 12.4. The molecule has 4 heteroatoms. The zero-order valence-electron chi connectivity index (χ0n) is 4.73. The van der Waals surface area contributed by atoms with Gasteiger partial charge in [-0.05, 0) is 42.0 Å². The summed E-state index contributed by atoms with van der Waals surface area (Å²) in [6, 6.07) is 0. The molecule has 0 aliphatic heterocycles. The van der Waals surface area contributed by atoms with E-state index >= 15 is 0 Å². The molecular formula is C4H9Cl2NS. The summed E-state index contributed by atoms with van der Waals surface area (Å²) in [5.74, 6) is 1.12. The Hall–Kier alpha value is 0.890. The van der Waals surface area contributed by atoms with Gasteiger partial charge in [0.15, 0.2) is 0 Å². The van der Waals surface area contributed by atoms with E-state index < -0.39 is 0 Å². The van der Waals surface area contributed by atoms with Crippen molar-refractivity contribution in [2.24, 2.45) is 0 Å². The molecule has 0 fully saturated rings. The minimum atomic E-state index is 0.754. The van der Waals surface area contributed by atoms with Gasteiger partial charge in [-0.15, -0.1) is 3.94 Å². The Morgan fingerprint density at radius 1 is 1.50 bits per heavy atom. The van der Waals surface area contributed by atoms with Crippen molar-refractivity contribution in [3.63, 3.8) is 0 Å². The minimum absolute atomic E-state index is 0.754. The molecule has 0 unspecified atom stereocenters. The molecule has 0 aromatic rings. The van der Waals surface area contributed by atoms with Crippen molar-refractivity contribution in [1.82, 2.24) is 3.94 Å². The van der Waals surface area contributed by atoms with E-state index in [-0.39, 0.29) is 0 Å². The van der Waals surface area contributed by atoms with Gasteiger partial charge in [-0.2, -0.15) is 11.8 Å². The van der Waals surface area contributed by atoms with Crippen LogP contribution in [0.2, 0.25) is 0 Å². The van der Waals surface area contributed by atoms with E-state index in [1.54, 1.807) is 11.8 Å². The van der Waals surface area contributed by atoms with Crippen LogP contribution in [0.5, 0.6) is 0 Å². The Kier molecular flexibility index (Phi) is 6.69. The van der Waals surface area contributed by atoms with Gasteiger partial charge in [0.05, 0.1) is 0 Å². The largest absolute Gasteiger partial charge is 0.165 e. The van der Waals surface area contributed by atoms with Gasteiger partial charge in [0.25, 0.3) is 0 Å². The van der Waals surface area contributed by atoms with Crippen molar-refractivity contribution in [2.45, 2.75) is 6.42 Å². The lowest BCUT2D eigenvalue weighted by molar-refractivity contribution is 0.684. The van der Waals surface area contributed by atoms with Crippen molar-refractivity contribution < 1.29 is 0 Å². The Bertz CT molecular complexity index is 51.3. The van der Waals surface area contributed by atoms with Gasteiger partial charge >= 0.3 is 0 Å². The molecule has 8 heavy (non-hydrogen) atoms. The van der Waals surface area contributed by atoms with Crippen LogP contribution in [0.4, 0.5) is 0 Å². The maximum atomic E-state index is 5.30. The second-order valence-electron chi connectivity index (χ2n) is 1.37. The van der Waals surface area contributed by atoms with Gasteiger partial charge in [0, 0.05) is 6.54 Å². The fourth-order valence-electron chi connectivity index (χ4n) is 0.328. The predicted molar refractivity (Wildman–Crippen MR) is 41.4 cm³/mol. The molecule has 0 aliphatic carbocycles. The predicted octanol–water partition coefficient (Wildman–Crippen LogP) is 2.35. The first-order chi connectivity index (χ1) is 3.77. The highest BCUT2D eigenvalue weighted by molar-refractivity contribution is 7.98. The highest BCUT2D eigenvalue weighted by Crippen LogP contribution is 2.02. The van der Waals surface area contributed by atoms with Gasteiger partial charge in [-0.25, -0.2) is 0 Å². The number of thioether (sulfide) groups is 1. The second kappa shape index (κ2) is 6.02. The molecule has 0 aliphatic rings. The summed E-state index contributed by atoms with van der Waals surface area (Å²) in [5, 5.41) is 0. The number of nitrogens with zero attached hydrogens (tertiary/aromatic N) is 1. The maximum Gasteiger partial charge on any atom is 0.0312 e. The SMILES string of the molecule is CSCCCN(Cl)Cl. The lowest BCUT2D eigenvalue weighted by atomic mass is 10.5. The summed E-state index contributed by atoms with van der Waals surface area (Å²) in [7, 11) is 0. The van der Waals surface area contributed by atoms with Crippen LogP contribution < -0.4 is 0 Å². The van der Waals surface area contributed by atoms with Crippen LogP contribution in [-0.4, -0.2) is 22.5 Å². The minimum Gasteiger partial charge on any atom is -0.165 e. The zero-order valence-corrected chi connectivity index (χ0v) is 7.06. The smallest absolute Gasteiger partial charge is 0.0312 e. The third kappa shape index (κ3) is 6.89. The van der Waals surface area contributed by atoms with Crippen molar-refractivity contribution in [2.75, 3.05) is 18.6 Å². The number of hydrogen-bond acceptors (Lipinski definition) is 2. The van der Waals surface area contributed by atoms with Crippen molar-refractivity contribution in [3.8, 4) is 0 Å². The van der Waals surface area contributed by atoms with E-state index in [1.165, 1.54) is 0 Å². The molecule has 1 nitrogen and oxygen atoms in total. The van der Waals surface area contributed by atoms with E-state index in [1.807, 2.05) is 0 Å². The molecule has 0 heterocycles. The molecule has 0 aromatic carbocycles. The molecule has 0 saturated carbocycles. The lowest BCUT2D eigenvalue weighted by Crippen LogP contribution is -2.00. The standard InChI is InChI=1S/C4H9Cl2NS/c1-8-4-2-3-7(5)6/h2-4H2,1H3. The summed E-state index contributed by atoms with van der Waals surface area (Å²) in [6.07, 6.45) is 3.11. The van der Waals surface area contributed by atoms with Crippen molar-refractivity contribution in [3.05, 3.63) is 0 Å². The first-order valence-corrected chi connectivity index (χ1v) is 4.42. The van der Waals surface area contributed by atoms with Gasteiger partial charge in [-0.3, -0.25) is 0 Å². The van der Waals surface area contributed by atoms with E-state index in [0.29, 0.717) is 0 Å². The van der Waals surface area contributed by atoms with Gasteiger partial charge in [0.1, 0.15) is 0 Å². The van der Waals surface area contributed by atoms with Crippen molar-refractivity contribution >= 4 is 35.3 Å². The highest BCUT2D eigenvalue weighted by Gasteiger charge is 1.91. The topological polar surface area (TPSA) is 3.24 Å². The summed E-state index contributed by atoms with van der Waals surface area (Å²) < 4.78 is 1.16. The zero-order chi connectivity index (χ0) is 6.41. The van der Waals surface area contributed by atoms with Crippen LogP contribution in [-0.2, 0) is 0 Å². The van der Waals surface area contributed by atoms with Gasteiger partial charge in [0.2, 0.25) is 0 Å². The molecule has 0 atom stereocenters. The average molecular weight is 174 g/mol. The average Bonchev–Trinajstić information content (AvgIpc) is 1.66. The molecule has 0 saturated heterocycles. The van der Waals surface area contributed by atoms with Crippen LogP contribution in [0, 0.1) is 0 Å². The van der Waals surface area contributed by atoms with Crippen LogP contribution in [0.15, 0.2) is 0 Å². The third-order valence-electron chi connectivity index (χ3n) is 0.676. The van der Waals surface area contributed by atoms with E-state index in [4.69, 9.17) is 23.6 Å². The molecule has 0 bridgehead atoms. The molecule has 0 rings (SSSR count). The van der Waals surface area contributed by atoms with Gasteiger partial charge in [-0.1, -0.05) is 0 Å². The van der Waals surface area contributed by atoms with Crippen LogP contribution in [0.3, 0.4) is 0 Å². The van der Waals surface area contributed by atoms with E-state index in [0.717, 1.165) is 22.7 Å². The Morgan fingerprint density at radius 2 is 2.12 bits per heavy atom. The molecule has 50 valence electrons. The Morgan fingerprint density at radius 3 is 2.50 bits per heavy atom. The van der Waals surface area contributed by atoms with Crippen LogP contribution in [0.1, 0.15) is 6.42 Å². The van der Waals surface area contributed by atoms with E-state index in [9.17, 15) is 0 Å².